The molecule has 6 aliphatic heterocycles. The van der Waals surface area contributed by atoms with Gasteiger partial charge in [-0.05, 0) is 127 Å². The van der Waals surface area contributed by atoms with E-state index in [9.17, 15) is 19.2 Å². The van der Waals surface area contributed by atoms with Gasteiger partial charge in [-0.25, -0.2) is 19.3 Å². The predicted molar refractivity (Wildman–Crippen MR) is 277 cm³/mol. The van der Waals surface area contributed by atoms with Crippen LogP contribution in [0.1, 0.15) is 114 Å². The van der Waals surface area contributed by atoms with Crippen LogP contribution in [0.5, 0.6) is 0 Å². The van der Waals surface area contributed by atoms with E-state index in [4.69, 9.17) is 9.97 Å². The number of fused-ring (bicyclic) bond motifs is 3. The molecule has 5 amide bonds. The van der Waals surface area contributed by atoms with Gasteiger partial charge in [0.05, 0.1) is 46.7 Å². The van der Waals surface area contributed by atoms with Crippen molar-refractivity contribution in [2.45, 2.75) is 120 Å². The maximum Gasteiger partial charge on any atom is 0.238 e. The molecule has 386 valence electrons. The molecule has 2 atom stereocenters. The number of hydrogen-bond donors (Lipinski definition) is 2. The fourth-order valence-electron chi connectivity index (χ4n) is 13.2. The summed E-state index contributed by atoms with van der Waals surface area (Å²) in [4.78, 5) is 96.8. The van der Waals surface area contributed by atoms with E-state index < -0.39 is 11.2 Å². The van der Waals surface area contributed by atoms with Crippen LogP contribution in [0.4, 0.5) is 27.4 Å². The Morgan fingerprint density at radius 2 is 1.58 bits per heavy atom. The highest BCUT2D eigenvalue weighted by Gasteiger charge is 2.56. The molecular weight excluding hydrogens is 940 g/mol. The zero-order valence-electron chi connectivity index (χ0n) is 42.3. The van der Waals surface area contributed by atoms with Gasteiger partial charge in [0.1, 0.15) is 11.3 Å². The molecule has 74 heavy (non-hydrogen) atoms. The number of amides is 5. The number of aromatic nitrogens is 5. The van der Waals surface area contributed by atoms with E-state index in [0.29, 0.717) is 107 Å². The van der Waals surface area contributed by atoms with Crippen molar-refractivity contribution in [3.63, 3.8) is 0 Å². The highest BCUT2D eigenvalue weighted by Crippen LogP contribution is 2.52. The number of anilines is 4. The number of carbonyl (C=O) groups is 5. The fourth-order valence-corrected chi connectivity index (χ4v) is 13.2. The van der Waals surface area contributed by atoms with Crippen LogP contribution in [0.25, 0.3) is 22.3 Å². The molecule has 0 bridgehead atoms. The highest BCUT2D eigenvalue weighted by molar-refractivity contribution is 6.09. The van der Waals surface area contributed by atoms with Crippen molar-refractivity contribution in [2.24, 2.45) is 11.8 Å². The molecule has 5 aromatic rings. The highest BCUT2D eigenvalue weighted by atomic mass is 19.1. The number of rotatable bonds is 10. The van der Waals surface area contributed by atoms with Crippen molar-refractivity contribution < 1.29 is 28.4 Å². The fraction of sp³-hybridized carbons (Fsp3) is 0.518. The summed E-state index contributed by atoms with van der Waals surface area (Å²) in [5.74, 6) is -0.226. The van der Waals surface area contributed by atoms with Crippen molar-refractivity contribution in [3.05, 3.63) is 84.3 Å². The lowest BCUT2D eigenvalue weighted by Gasteiger charge is -2.48. The first-order valence-electron chi connectivity index (χ1n) is 27.0. The number of benzene rings is 1. The second-order valence-corrected chi connectivity index (χ2v) is 22.1. The Morgan fingerprint density at radius 1 is 0.811 bits per heavy atom. The molecule has 4 aromatic heterocycles. The van der Waals surface area contributed by atoms with Gasteiger partial charge in [0, 0.05) is 93.4 Å². The number of imide groups is 1. The summed E-state index contributed by atoms with van der Waals surface area (Å²) in [6.07, 6.45) is 15.6. The molecule has 1 spiro atoms. The largest absolute Gasteiger partial charge is 0.357 e. The molecule has 7 aliphatic rings. The molecule has 0 radical (unpaired) electrons. The van der Waals surface area contributed by atoms with Crippen LogP contribution < -0.4 is 20.4 Å². The minimum atomic E-state index is -0.766. The number of carbonyl (C=O) groups excluding carboxylic acids is 5. The first kappa shape index (κ1) is 48.1. The van der Waals surface area contributed by atoms with Gasteiger partial charge in [-0.2, -0.15) is 0 Å². The first-order chi connectivity index (χ1) is 35.9. The summed E-state index contributed by atoms with van der Waals surface area (Å²) in [6, 6.07) is 14.3. The smallest absolute Gasteiger partial charge is 0.238 e. The monoisotopic (exact) mass is 1000 g/mol. The van der Waals surface area contributed by atoms with Crippen molar-refractivity contribution >= 4 is 63.6 Å². The van der Waals surface area contributed by atoms with Crippen LogP contribution in [-0.4, -0.2) is 133 Å². The topological polar surface area (TPSA) is 182 Å². The van der Waals surface area contributed by atoms with Crippen molar-refractivity contribution in [1.29, 1.82) is 0 Å². The summed E-state index contributed by atoms with van der Waals surface area (Å²) in [5.41, 5.74) is 5.16. The summed E-state index contributed by atoms with van der Waals surface area (Å²) < 4.78 is 17.1. The molecule has 5 saturated heterocycles. The number of likely N-dealkylation sites (tertiary alicyclic amines) is 3. The molecule has 1 unspecified atom stereocenters. The molecule has 1 aliphatic carbocycles. The Morgan fingerprint density at radius 3 is 2.31 bits per heavy atom. The quantitative estimate of drug-likeness (QED) is 0.139. The molecule has 2 N–H and O–H groups in total. The number of piperidine rings is 4. The first-order valence-corrected chi connectivity index (χ1v) is 27.0. The van der Waals surface area contributed by atoms with Gasteiger partial charge in [-0.3, -0.25) is 34.3 Å². The average molecular weight is 1010 g/mol. The molecular formula is C56H65FN12O5. The number of nitrogens with one attached hydrogen (secondary N) is 2. The number of imidazole rings is 1. The summed E-state index contributed by atoms with van der Waals surface area (Å²) in [6.45, 7) is 9.60. The molecule has 1 aromatic carbocycles. The maximum atomic E-state index is 15.3. The van der Waals surface area contributed by atoms with Crippen LogP contribution in [-0.2, 0) is 29.4 Å². The zero-order valence-corrected chi connectivity index (χ0v) is 42.3. The Balaban J connectivity index is 0.729. The lowest BCUT2D eigenvalue weighted by Crippen LogP contribution is -2.58. The van der Waals surface area contributed by atoms with Crippen LogP contribution in [0.15, 0.2) is 67.4 Å². The summed E-state index contributed by atoms with van der Waals surface area (Å²) in [5, 5.41) is 5.66. The van der Waals surface area contributed by atoms with Gasteiger partial charge in [0.2, 0.25) is 29.5 Å². The van der Waals surface area contributed by atoms with Gasteiger partial charge >= 0.3 is 0 Å². The molecule has 10 heterocycles. The number of pyridine rings is 3. The summed E-state index contributed by atoms with van der Waals surface area (Å²) >= 11 is 0. The van der Waals surface area contributed by atoms with Gasteiger partial charge in [-0.15, -0.1) is 0 Å². The average Bonchev–Trinajstić information content (AvgIpc) is 4.14. The second kappa shape index (κ2) is 19.5. The van der Waals surface area contributed by atoms with Crippen molar-refractivity contribution in [2.75, 3.05) is 67.5 Å². The van der Waals surface area contributed by atoms with Gasteiger partial charge in [-0.1, -0.05) is 24.6 Å². The SMILES string of the molecule is CC(C)n1cnc2cc(-c3ccc4c(c3)N(C3CC(N5CCCCC5)C3)C(=O)C43CCN(C(=O)[C@@H]4CCN(C(=O)C5CCN(c6ccc(C7CCC(=O)NC7=O)cn6)CC5)C4)CC3)nc(Nc3ccncc3F)c21. The number of hydrogen-bond acceptors (Lipinski definition) is 12. The minimum absolute atomic E-state index is 0.0653. The second-order valence-electron chi connectivity index (χ2n) is 22.1. The Bertz CT molecular complexity index is 3010. The molecule has 12 rings (SSSR count). The predicted octanol–water partition coefficient (Wildman–Crippen LogP) is 6.86. The minimum Gasteiger partial charge on any atom is -0.357 e. The van der Waals surface area contributed by atoms with E-state index in [1.54, 1.807) is 24.8 Å². The standard InChI is InChI=1S/C56H65FN12O5/c1-34(2)68-33-60-46-29-45(62-51(50(46)68)61-44-12-18-58-31-43(44)57)36-6-9-42-47(26-36)69(40-27-39(28-40)64-19-4-3-5-20-64)55(74)56(42)16-24-66(25-17-56)54(73)38-15-23-67(32-38)53(72)35-13-21-65(22-14-35)48-10-7-37(30-59-48)41-8-11-49(70)63-52(41)71/h6-7,9-10,12,18,26,29-31,33-35,38-41H,3-5,8,11,13-17,19-25,27-28,32H2,1-2H3,(H,58,61,62)(H,63,70,71)/t38-,39?,40?,41?/m1/s1. The number of nitrogens with zero attached hydrogens (tertiary/aromatic N) is 10. The molecule has 6 fully saturated rings. The lowest BCUT2D eigenvalue weighted by atomic mass is 9.73. The Kier molecular flexibility index (Phi) is 12.7. The van der Waals surface area contributed by atoms with Gasteiger partial charge in [0.25, 0.3) is 0 Å². The molecule has 17 nitrogen and oxygen atoms in total. The van der Waals surface area contributed by atoms with Gasteiger partial charge in [0.15, 0.2) is 11.6 Å². The van der Waals surface area contributed by atoms with Crippen molar-refractivity contribution in [1.82, 2.24) is 44.5 Å². The van der Waals surface area contributed by atoms with Crippen molar-refractivity contribution in [3.8, 4) is 11.3 Å². The van der Waals surface area contributed by atoms with E-state index >= 15 is 9.18 Å². The third-order valence-corrected chi connectivity index (χ3v) is 17.5. The van der Waals surface area contributed by atoms with E-state index in [-0.39, 0.29) is 65.1 Å². The van der Waals surface area contributed by atoms with E-state index in [2.05, 4.69) is 61.3 Å². The van der Waals surface area contributed by atoms with Crippen LogP contribution >= 0.6 is 0 Å². The molecule has 18 heteroatoms. The maximum absolute atomic E-state index is 15.3. The van der Waals surface area contributed by atoms with E-state index in [1.807, 2.05) is 38.6 Å². The third kappa shape index (κ3) is 8.65. The zero-order chi connectivity index (χ0) is 50.8. The van der Waals surface area contributed by atoms with Gasteiger partial charge < -0.3 is 34.4 Å². The normalized spacial score (nSPS) is 24.5. The third-order valence-electron chi connectivity index (χ3n) is 17.5. The summed E-state index contributed by atoms with van der Waals surface area (Å²) in [7, 11) is 0. The van der Waals surface area contributed by atoms with Crippen LogP contribution in [0.3, 0.4) is 0 Å². The van der Waals surface area contributed by atoms with Crippen LogP contribution in [0, 0.1) is 17.7 Å². The van der Waals surface area contributed by atoms with E-state index in [1.165, 1.54) is 25.5 Å². The lowest BCUT2D eigenvalue weighted by molar-refractivity contribution is -0.140. The number of halogens is 1. The van der Waals surface area contributed by atoms with Crippen LogP contribution in [0.2, 0.25) is 0 Å². The Hall–Kier alpha value is -6.82. The molecule has 1 saturated carbocycles. The van der Waals surface area contributed by atoms with E-state index in [0.717, 1.165) is 59.6 Å². The Labute approximate surface area is 430 Å².